The Morgan fingerprint density at radius 1 is 1.27 bits per heavy atom. The van der Waals surface area contributed by atoms with E-state index in [1.807, 2.05) is 0 Å². The lowest BCUT2D eigenvalue weighted by molar-refractivity contribution is -0.130. The van der Waals surface area contributed by atoms with Crippen molar-refractivity contribution in [2.45, 2.75) is 56.7 Å². The van der Waals surface area contributed by atoms with Gasteiger partial charge in [0.15, 0.2) is 0 Å². The van der Waals surface area contributed by atoms with Gasteiger partial charge < -0.3 is 15.1 Å². The van der Waals surface area contributed by atoms with Gasteiger partial charge in [0, 0.05) is 18.6 Å². The summed E-state index contributed by atoms with van der Waals surface area (Å²) >= 11 is 0. The minimum Gasteiger partial charge on any atom is -0.326 e. The van der Waals surface area contributed by atoms with Crippen molar-refractivity contribution in [1.29, 1.82) is 5.26 Å². The zero-order valence-corrected chi connectivity index (χ0v) is 13.8. The van der Waals surface area contributed by atoms with Crippen LogP contribution in [0.3, 0.4) is 0 Å². The molecule has 0 bridgehead atoms. The molecule has 5 nitrogen and oxygen atoms in total. The predicted octanol–water partition coefficient (Wildman–Crippen LogP) is 1.21. The van der Waals surface area contributed by atoms with E-state index in [0.717, 1.165) is 37.3 Å². The molecule has 22 heavy (non-hydrogen) atoms. The number of rotatable bonds is 4. The zero-order valence-electron chi connectivity index (χ0n) is 13.8. The maximum atomic E-state index is 12.3. The Kier molecular flexibility index (Phi) is 4.70. The Morgan fingerprint density at radius 2 is 1.95 bits per heavy atom. The van der Waals surface area contributed by atoms with Gasteiger partial charge in [0.1, 0.15) is 6.04 Å². The lowest BCUT2D eigenvalue weighted by atomic mass is 10.0. The van der Waals surface area contributed by atoms with Crippen molar-refractivity contribution in [2.75, 3.05) is 27.2 Å². The second-order valence-electron chi connectivity index (χ2n) is 7.53. The first kappa shape index (κ1) is 15.8. The number of nitrogens with one attached hydrogen (secondary N) is 1. The van der Waals surface area contributed by atoms with E-state index in [2.05, 4.69) is 30.4 Å². The average Bonchev–Trinajstić information content (AvgIpc) is 3.17. The van der Waals surface area contributed by atoms with Crippen LogP contribution in [0.15, 0.2) is 0 Å². The van der Waals surface area contributed by atoms with Gasteiger partial charge in [-0.3, -0.25) is 4.79 Å². The highest BCUT2D eigenvalue weighted by molar-refractivity contribution is 5.79. The molecule has 1 aliphatic heterocycles. The molecular formula is C17H28N4O. The molecule has 3 rings (SSSR count). The number of likely N-dealkylation sites (tertiary alicyclic amines) is 1. The van der Waals surface area contributed by atoms with Crippen LogP contribution in [0.25, 0.3) is 0 Å². The van der Waals surface area contributed by atoms with Gasteiger partial charge in [-0.2, -0.15) is 5.26 Å². The lowest BCUT2D eigenvalue weighted by Gasteiger charge is -2.23. The maximum absolute atomic E-state index is 12.3. The van der Waals surface area contributed by atoms with Crippen LogP contribution < -0.4 is 5.32 Å². The van der Waals surface area contributed by atoms with Crippen molar-refractivity contribution in [3.63, 3.8) is 0 Å². The molecule has 2 aliphatic carbocycles. The molecule has 0 spiro atoms. The van der Waals surface area contributed by atoms with Crippen molar-refractivity contribution in [2.24, 2.45) is 11.8 Å². The molecule has 1 N–H and O–H groups in total. The average molecular weight is 304 g/mol. The summed E-state index contributed by atoms with van der Waals surface area (Å²) in [5, 5.41) is 12.5. The number of nitrogens with zero attached hydrogens (tertiary/aromatic N) is 3. The number of amides is 1. The van der Waals surface area contributed by atoms with Crippen LogP contribution >= 0.6 is 0 Å². The van der Waals surface area contributed by atoms with Crippen LogP contribution in [0.1, 0.15) is 38.5 Å². The first-order chi connectivity index (χ1) is 10.6. The molecule has 1 saturated heterocycles. The van der Waals surface area contributed by atoms with E-state index in [0.29, 0.717) is 12.6 Å². The van der Waals surface area contributed by atoms with Gasteiger partial charge in [0.05, 0.1) is 12.6 Å². The third-order valence-electron chi connectivity index (χ3n) is 5.99. The highest BCUT2D eigenvalue weighted by Gasteiger charge is 2.42. The first-order valence-corrected chi connectivity index (χ1v) is 8.67. The summed E-state index contributed by atoms with van der Waals surface area (Å²) in [6.07, 6.45) is 6.85. The van der Waals surface area contributed by atoms with Gasteiger partial charge in [-0.05, 0) is 64.5 Å². The van der Waals surface area contributed by atoms with Crippen molar-refractivity contribution < 1.29 is 4.79 Å². The van der Waals surface area contributed by atoms with Crippen molar-refractivity contribution in [3.05, 3.63) is 0 Å². The molecule has 0 aromatic carbocycles. The summed E-state index contributed by atoms with van der Waals surface area (Å²) in [6.45, 7) is 1.15. The summed E-state index contributed by atoms with van der Waals surface area (Å²) in [4.78, 5) is 16.4. The third kappa shape index (κ3) is 3.13. The van der Waals surface area contributed by atoms with Gasteiger partial charge in [0.25, 0.3) is 0 Å². The van der Waals surface area contributed by atoms with Gasteiger partial charge >= 0.3 is 0 Å². The maximum Gasteiger partial charge on any atom is 0.237 e. The van der Waals surface area contributed by atoms with Gasteiger partial charge in [0.2, 0.25) is 5.91 Å². The monoisotopic (exact) mass is 304 g/mol. The molecule has 3 unspecified atom stereocenters. The lowest BCUT2D eigenvalue weighted by Crippen LogP contribution is -2.43. The Bertz CT molecular complexity index is 444. The minimum absolute atomic E-state index is 0.104. The second-order valence-corrected chi connectivity index (χ2v) is 7.53. The van der Waals surface area contributed by atoms with Gasteiger partial charge in [-0.15, -0.1) is 0 Å². The SMILES string of the molecule is CN(C)C1CC2CC(NCC(=O)N3CCCC3C#N)CC2C1. The van der Waals surface area contributed by atoms with Gasteiger partial charge in [-0.1, -0.05) is 0 Å². The number of hydrogen-bond donors (Lipinski definition) is 1. The molecule has 0 aromatic heterocycles. The van der Waals surface area contributed by atoms with Crippen LogP contribution in [0.2, 0.25) is 0 Å². The van der Waals surface area contributed by atoms with Crippen LogP contribution in [-0.2, 0) is 4.79 Å². The predicted molar refractivity (Wildman–Crippen MR) is 85.1 cm³/mol. The normalized spacial score (nSPS) is 37.5. The molecule has 2 saturated carbocycles. The summed E-state index contributed by atoms with van der Waals surface area (Å²) in [6, 6.07) is 3.29. The third-order valence-corrected chi connectivity index (χ3v) is 5.99. The van der Waals surface area contributed by atoms with Crippen LogP contribution in [0, 0.1) is 23.2 Å². The Balaban J connectivity index is 1.43. The topological polar surface area (TPSA) is 59.4 Å². The van der Waals surface area contributed by atoms with Crippen LogP contribution in [0.4, 0.5) is 0 Å². The standard InChI is InChI=1S/C17H28N4O/c1-20(2)16-8-12-6-14(7-13(12)9-16)19-11-17(22)21-5-3-4-15(21)10-18/h12-16,19H,3-9,11H2,1-2H3. The van der Waals surface area contributed by atoms with Crippen LogP contribution in [0.5, 0.6) is 0 Å². The molecule has 1 heterocycles. The molecule has 5 heteroatoms. The molecule has 0 radical (unpaired) electrons. The fraction of sp³-hybridized carbons (Fsp3) is 0.882. The van der Waals surface area contributed by atoms with E-state index in [1.165, 1.54) is 25.7 Å². The fourth-order valence-electron chi connectivity index (χ4n) is 4.71. The smallest absolute Gasteiger partial charge is 0.237 e. The van der Waals surface area contributed by atoms with E-state index in [1.54, 1.807) is 4.90 Å². The summed E-state index contributed by atoms with van der Waals surface area (Å²) in [5.41, 5.74) is 0. The van der Waals surface area contributed by atoms with Crippen molar-refractivity contribution >= 4 is 5.91 Å². The van der Waals surface area contributed by atoms with E-state index in [4.69, 9.17) is 5.26 Å². The summed E-state index contributed by atoms with van der Waals surface area (Å²) < 4.78 is 0. The quantitative estimate of drug-likeness (QED) is 0.848. The molecule has 0 aromatic rings. The van der Waals surface area contributed by atoms with E-state index < -0.39 is 0 Å². The largest absolute Gasteiger partial charge is 0.326 e. The number of hydrogen-bond acceptors (Lipinski definition) is 4. The number of fused-ring (bicyclic) bond motifs is 1. The summed E-state index contributed by atoms with van der Waals surface area (Å²) in [7, 11) is 4.36. The Hall–Kier alpha value is -1.12. The Morgan fingerprint density at radius 3 is 2.55 bits per heavy atom. The molecule has 122 valence electrons. The summed E-state index contributed by atoms with van der Waals surface area (Å²) in [5.74, 6) is 1.77. The second kappa shape index (κ2) is 6.55. The van der Waals surface area contributed by atoms with E-state index in [-0.39, 0.29) is 11.9 Å². The number of nitriles is 1. The zero-order chi connectivity index (χ0) is 15.7. The van der Waals surface area contributed by atoms with Crippen molar-refractivity contribution in [3.8, 4) is 6.07 Å². The number of carbonyl (C=O) groups is 1. The molecule has 1 amide bonds. The minimum atomic E-state index is -0.196. The molecule has 3 aliphatic rings. The van der Waals surface area contributed by atoms with Crippen LogP contribution in [-0.4, -0.2) is 61.0 Å². The van der Waals surface area contributed by atoms with Crippen molar-refractivity contribution in [1.82, 2.24) is 15.1 Å². The fourth-order valence-corrected chi connectivity index (χ4v) is 4.71. The highest BCUT2D eigenvalue weighted by atomic mass is 16.2. The first-order valence-electron chi connectivity index (χ1n) is 8.67. The van der Waals surface area contributed by atoms with E-state index in [9.17, 15) is 4.79 Å². The van der Waals surface area contributed by atoms with E-state index >= 15 is 0 Å². The molecular weight excluding hydrogens is 276 g/mol. The highest BCUT2D eigenvalue weighted by Crippen LogP contribution is 2.45. The molecule has 3 fully saturated rings. The number of carbonyl (C=O) groups excluding carboxylic acids is 1. The van der Waals surface area contributed by atoms with Gasteiger partial charge in [-0.25, -0.2) is 0 Å². The Labute approximate surface area is 133 Å². The molecule has 3 atom stereocenters.